The van der Waals surface area contributed by atoms with E-state index in [1.807, 2.05) is 0 Å². The summed E-state index contributed by atoms with van der Waals surface area (Å²) in [5, 5.41) is 21.9. The van der Waals surface area contributed by atoms with E-state index in [0.29, 0.717) is 6.61 Å². The van der Waals surface area contributed by atoms with E-state index < -0.39 is 6.16 Å². The number of aliphatic hydroxyl groups excluding tert-OH is 1. The molecule has 0 rings (SSSR count). The second-order valence-corrected chi connectivity index (χ2v) is 2.01. The third kappa shape index (κ3) is 113. The van der Waals surface area contributed by atoms with E-state index in [0.717, 1.165) is 31.6 Å². The second-order valence-electron chi connectivity index (χ2n) is 1.01. The molecule has 3 N–H and O–H groups in total. The van der Waals surface area contributed by atoms with Gasteiger partial charge in [0.1, 0.15) is 0 Å². The fraction of sp³-hybridized carbons (Fsp3) is 0.667. The van der Waals surface area contributed by atoms with Gasteiger partial charge in [0, 0.05) is 0 Å². The third-order valence-corrected chi connectivity index (χ3v) is 0.671. The first kappa shape index (κ1) is 11.1. The Kier molecular flexibility index (Phi) is 14.2. The minimum atomic E-state index is -1.83. The molecule has 0 aromatic carbocycles. The first-order valence-electron chi connectivity index (χ1n) is 2.17. The molecule has 0 bridgehead atoms. The van der Waals surface area contributed by atoms with Crippen molar-refractivity contribution in [1.29, 1.82) is 0 Å². The summed E-state index contributed by atoms with van der Waals surface area (Å²) in [6, 6.07) is 0. The SMILES string of the molecule is O=C(O)O.OC[CH2][Na]. The van der Waals surface area contributed by atoms with Crippen LogP contribution in [0.4, 0.5) is 4.79 Å². The quantitative estimate of drug-likeness (QED) is 0.429. The van der Waals surface area contributed by atoms with Crippen molar-refractivity contribution >= 4 is 34.1 Å². The molecule has 44 valence electrons. The summed E-state index contributed by atoms with van der Waals surface area (Å²) in [5.74, 6) is 0. The van der Waals surface area contributed by atoms with E-state index in [9.17, 15) is 0 Å². The van der Waals surface area contributed by atoms with Crippen LogP contribution in [0.2, 0.25) is 3.67 Å². The molecule has 0 aromatic rings. The van der Waals surface area contributed by atoms with Gasteiger partial charge in [0.15, 0.2) is 0 Å². The molecule has 0 saturated heterocycles. The van der Waals surface area contributed by atoms with Crippen LogP contribution in [0, 0.1) is 0 Å². The molecular formula is C3H7NaO4. The van der Waals surface area contributed by atoms with Crippen LogP contribution in [0.5, 0.6) is 0 Å². The molecule has 0 saturated carbocycles. The number of carboxylic acid groups (broad SMARTS) is 2. The Balaban J connectivity index is 0. The third-order valence-electron chi connectivity index (χ3n) is 0.224. The Morgan fingerprint density at radius 1 is 1.50 bits per heavy atom. The van der Waals surface area contributed by atoms with Crippen LogP contribution in [-0.2, 0) is 0 Å². The van der Waals surface area contributed by atoms with Crippen molar-refractivity contribution in [3.8, 4) is 0 Å². The summed E-state index contributed by atoms with van der Waals surface area (Å²) in [5.41, 5.74) is 0. The van der Waals surface area contributed by atoms with Crippen LogP contribution in [0.15, 0.2) is 0 Å². The predicted octanol–water partition coefficient (Wildman–Crippen LogP) is -0.212. The molecule has 0 unspecified atom stereocenters. The van der Waals surface area contributed by atoms with Crippen molar-refractivity contribution in [2.45, 2.75) is 3.67 Å². The van der Waals surface area contributed by atoms with E-state index in [4.69, 9.17) is 20.1 Å². The van der Waals surface area contributed by atoms with E-state index >= 15 is 0 Å². The van der Waals surface area contributed by atoms with Gasteiger partial charge in [0.2, 0.25) is 0 Å². The minimum absolute atomic E-state index is 0.381. The van der Waals surface area contributed by atoms with Crippen molar-refractivity contribution < 1.29 is 20.1 Å². The molecule has 0 heterocycles. The molecule has 0 fully saturated rings. The van der Waals surface area contributed by atoms with Gasteiger partial charge in [-0.3, -0.25) is 0 Å². The van der Waals surface area contributed by atoms with Gasteiger partial charge in [0.25, 0.3) is 0 Å². The van der Waals surface area contributed by atoms with E-state index in [2.05, 4.69) is 0 Å². The number of aliphatic hydroxyl groups is 1. The van der Waals surface area contributed by atoms with Crippen LogP contribution in [-0.4, -0.2) is 56.0 Å². The number of hydrogen-bond donors (Lipinski definition) is 3. The maximum atomic E-state index is 8.56. The normalized spacial score (nSPS) is 6.88. The molecule has 0 aliphatic heterocycles. The molecule has 8 heavy (non-hydrogen) atoms. The Labute approximate surface area is 64.6 Å². The maximum absolute atomic E-state index is 8.56. The van der Waals surface area contributed by atoms with Crippen LogP contribution < -0.4 is 0 Å². The van der Waals surface area contributed by atoms with Crippen LogP contribution >= 0.6 is 0 Å². The van der Waals surface area contributed by atoms with Gasteiger partial charge >= 0.3 is 49.5 Å². The number of carbonyl (C=O) groups is 1. The van der Waals surface area contributed by atoms with Crippen molar-refractivity contribution in [1.82, 2.24) is 0 Å². The van der Waals surface area contributed by atoms with Crippen molar-refractivity contribution in [2.75, 3.05) is 6.61 Å². The van der Waals surface area contributed by atoms with Crippen LogP contribution in [0.1, 0.15) is 0 Å². The van der Waals surface area contributed by atoms with Gasteiger partial charge in [-0.15, -0.1) is 0 Å². The van der Waals surface area contributed by atoms with Gasteiger partial charge in [-0.2, -0.15) is 0 Å². The Bertz CT molecular complexity index is 49.2. The molecule has 5 heteroatoms. The summed E-state index contributed by atoms with van der Waals surface area (Å²) >= 11 is 1.14. The first-order valence-corrected chi connectivity index (χ1v) is 3.59. The van der Waals surface area contributed by atoms with Gasteiger partial charge < -0.3 is 10.2 Å². The summed E-state index contributed by atoms with van der Waals surface area (Å²) in [6.07, 6.45) is -1.83. The molecule has 0 spiro atoms. The van der Waals surface area contributed by atoms with E-state index in [-0.39, 0.29) is 0 Å². The molecule has 0 aliphatic rings. The van der Waals surface area contributed by atoms with Crippen LogP contribution in [0.25, 0.3) is 0 Å². The molecule has 0 amide bonds. The van der Waals surface area contributed by atoms with Gasteiger partial charge in [-0.25, -0.2) is 4.79 Å². The topological polar surface area (TPSA) is 77.8 Å². The zero-order valence-electron chi connectivity index (χ0n) is 4.66. The monoisotopic (exact) mass is 130 g/mol. The first-order chi connectivity index (χ1) is 3.65. The fourth-order valence-corrected chi connectivity index (χ4v) is 0. The average molecular weight is 130 g/mol. The van der Waals surface area contributed by atoms with Crippen molar-refractivity contribution in [3.05, 3.63) is 0 Å². The molecule has 0 aromatic heterocycles. The molecule has 0 radical (unpaired) electrons. The Morgan fingerprint density at radius 2 is 1.62 bits per heavy atom. The molecule has 0 aliphatic carbocycles. The predicted molar refractivity (Wildman–Crippen MR) is 28.3 cm³/mol. The van der Waals surface area contributed by atoms with Crippen molar-refractivity contribution in [3.63, 3.8) is 0 Å². The summed E-state index contributed by atoms with van der Waals surface area (Å²) < 4.78 is 1.01. The Hall–Kier alpha value is 0.230. The van der Waals surface area contributed by atoms with E-state index in [1.54, 1.807) is 0 Å². The average Bonchev–Trinajstić information content (AvgIpc) is 1.65. The van der Waals surface area contributed by atoms with E-state index in [1.165, 1.54) is 0 Å². The second kappa shape index (κ2) is 10.3. The number of hydrogen-bond acceptors (Lipinski definition) is 2. The standard InChI is InChI=1S/C2H5O.CH2O3.Na/c1-2-3;2-1(3)4;/h3H,1-2H2;(H2,2,3,4);. The fourth-order valence-electron chi connectivity index (χ4n) is 0. The summed E-state index contributed by atoms with van der Waals surface area (Å²) in [4.78, 5) is 8.56. The molecular weight excluding hydrogens is 123 g/mol. The van der Waals surface area contributed by atoms with Gasteiger partial charge in [-0.05, 0) is 0 Å². The van der Waals surface area contributed by atoms with Gasteiger partial charge in [0.05, 0.1) is 0 Å². The molecule has 4 nitrogen and oxygen atoms in total. The zero-order chi connectivity index (χ0) is 6.99. The van der Waals surface area contributed by atoms with Gasteiger partial charge in [-0.1, -0.05) is 0 Å². The number of rotatable bonds is 1. The Morgan fingerprint density at radius 3 is 1.62 bits per heavy atom. The van der Waals surface area contributed by atoms with Crippen molar-refractivity contribution in [2.24, 2.45) is 0 Å². The molecule has 0 atom stereocenters. The summed E-state index contributed by atoms with van der Waals surface area (Å²) in [7, 11) is 0. The van der Waals surface area contributed by atoms with Crippen LogP contribution in [0.3, 0.4) is 0 Å². The summed E-state index contributed by atoms with van der Waals surface area (Å²) in [6.45, 7) is 0.381. The zero-order valence-corrected chi connectivity index (χ0v) is 6.66.